The average Bonchev–Trinajstić information content (AvgIpc) is 3.46. The van der Waals surface area contributed by atoms with Crippen molar-refractivity contribution in [3.8, 4) is 5.69 Å². The van der Waals surface area contributed by atoms with Crippen LogP contribution in [-0.2, 0) is 0 Å². The molecule has 0 aliphatic rings. The van der Waals surface area contributed by atoms with Crippen LogP contribution in [0.5, 0.6) is 0 Å². The standard InChI is InChI=1S/C32H18BrNS/c33-20-14-16-21(17-15-20)34-27-12-6-5-11-25(27)28-29-26-18-13-19-7-1-2-8-22(19)31(26)35-32(29)24-10-4-3-9-23(24)30(28)34/h1-18H. The van der Waals surface area contributed by atoms with Crippen LogP contribution in [0.4, 0.5) is 0 Å². The zero-order chi connectivity index (χ0) is 23.1. The van der Waals surface area contributed by atoms with Gasteiger partial charge in [0, 0.05) is 51.9 Å². The highest BCUT2D eigenvalue weighted by molar-refractivity contribution is 9.10. The molecule has 0 aliphatic carbocycles. The van der Waals surface area contributed by atoms with Crippen molar-refractivity contribution >= 4 is 90.8 Å². The normalized spacial score (nSPS) is 12.1. The molecule has 0 radical (unpaired) electrons. The van der Waals surface area contributed by atoms with E-state index in [0.717, 1.165) is 4.47 Å². The second-order valence-corrected chi connectivity index (χ2v) is 11.0. The molecule has 0 N–H and O–H groups in total. The highest BCUT2D eigenvalue weighted by Crippen LogP contribution is 2.49. The quantitative estimate of drug-likeness (QED) is 0.200. The summed E-state index contributed by atoms with van der Waals surface area (Å²) < 4.78 is 6.28. The molecule has 2 aromatic heterocycles. The lowest BCUT2D eigenvalue weighted by Crippen LogP contribution is -1.94. The SMILES string of the molecule is Brc1ccc(-n2c3ccccc3c3c4c5ccc6ccccc6c5sc4c4ccccc4c32)cc1. The molecule has 8 rings (SSSR count). The van der Waals surface area contributed by atoms with E-state index in [0.29, 0.717) is 0 Å². The second kappa shape index (κ2) is 7.17. The number of para-hydroxylation sites is 1. The Hall–Kier alpha value is -3.66. The number of hydrogen-bond donors (Lipinski definition) is 0. The Kier molecular flexibility index (Phi) is 4.02. The largest absolute Gasteiger partial charge is 0.309 e. The van der Waals surface area contributed by atoms with E-state index in [1.54, 1.807) is 0 Å². The fraction of sp³-hybridized carbons (Fsp3) is 0. The molecular weight excluding hydrogens is 510 g/mol. The van der Waals surface area contributed by atoms with Crippen molar-refractivity contribution < 1.29 is 0 Å². The second-order valence-electron chi connectivity index (χ2n) is 9.07. The van der Waals surface area contributed by atoms with Gasteiger partial charge < -0.3 is 4.57 Å². The van der Waals surface area contributed by atoms with Gasteiger partial charge in [0.2, 0.25) is 0 Å². The number of benzene rings is 6. The van der Waals surface area contributed by atoms with E-state index in [9.17, 15) is 0 Å². The summed E-state index contributed by atoms with van der Waals surface area (Å²) >= 11 is 5.55. The summed E-state index contributed by atoms with van der Waals surface area (Å²) in [5.41, 5.74) is 3.70. The van der Waals surface area contributed by atoms with Gasteiger partial charge in [0.1, 0.15) is 0 Å². The molecule has 0 saturated carbocycles. The monoisotopic (exact) mass is 527 g/mol. The first-order valence-electron chi connectivity index (χ1n) is 11.7. The van der Waals surface area contributed by atoms with Crippen LogP contribution in [0.2, 0.25) is 0 Å². The van der Waals surface area contributed by atoms with Gasteiger partial charge in [0.25, 0.3) is 0 Å². The van der Waals surface area contributed by atoms with Gasteiger partial charge in [-0.25, -0.2) is 0 Å². The van der Waals surface area contributed by atoms with Crippen molar-refractivity contribution in [2.24, 2.45) is 0 Å². The zero-order valence-corrected chi connectivity index (χ0v) is 21.0. The molecule has 1 nitrogen and oxygen atoms in total. The summed E-state index contributed by atoms with van der Waals surface area (Å²) in [6, 6.07) is 39.8. The minimum Gasteiger partial charge on any atom is -0.309 e. The highest BCUT2D eigenvalue weighted by atomic mass is 79.9. The minimum atomic E-state index is 1.09. The van der Waals surface area contributed by atoms with Gasteiger partial charge in [0.15, 0.2) is 0 Å². The summed E-state index contributed by atoms with van der Waals surface area (Å²) in [5.74, 6) is 0. The molecule has 0 unspecified atom stereocenters. The number of nitrogens with zero attached hydrogens (tertiary/aromatic N) is 1. The van der Waals surface area contributed by atoms with Crippen molar-refractivity contribution in [2.45, 2.75) is 0 Å². The number of aromatic nitrogens is 1. The lowest BCUT2D eigenvalue weighted by Gasteiger charge is -2.11. The Bertz CT molecular complexity index is 2110. The van der Waals surface area contributed by atoms with E-state index < -0.39 is 0 Å². The van der Waals surface area contributed by atoms with Crippen molar-refractivity contribution in [1.29, 1.82) is 0 Å². The molecule has 0 atom stereocenters. The number of hydrogen-bond acceptors (Lipinski definition) is 1. The first-order valence-corrected chi connectivity index (χ1v) is 13.3. The van der Waals surface area contributed by atoms with E-state index in [1.807, 2.05) is 11.3 Å². The van der Waals surface area contributed by atoms with Crippen molar-refractivity contribution in [1.82, 2.24) is 4.57 Å². The average molecular weight is 528 g/mol. The topological polar surface area (TPSA) is 4.93 Å². The lowest BCUT2D eigenvalue weighted by molar-refractivity contribution is 1.18. The Morgan fingerprint density at radius 2 is 1.20 bits per heavy atom. The summed E-state index contributed by atoms with van der Waals surface area (Å²) in [4.78, 5) is 0. The third-order valence-corrected chi connectivity index (χ3v) is 9.02. The highest BCUT2D eigenvalue weighted by Gasteiger charge is 2.22. The summed E-state index contributed by atoms with van der Waals surface area (Å²) in [7, 11) is 0. The first-order chi connectivity index (χ1) is 17.3. The Morgan fingerprint density at radius 3 is 2.03 bits per heavy atom. The van der Waals surface area contributed by atoms with Crippen LogP contribution < -0.4 is 0 Å². The summed E-state index contributed by atoms with van der Waals surface area (Å²) in [6.07, 6.45) is 0. The molecule has 0 aliphatic heterocycles. The summed E-state index contributed by atoms with van der Waals surface area (Å²) in [5, 5.41) is 10.6. The predicted molar refractivity (Wildman–Crippen MR) is 156 cm³/mol. The maximum atomic E-state index is 3.61. The Balaban J connectivity index is 1.72. The molecule has 0 amide bonds. The molecule has 0 fully saturated rings. The number of halogens is 1. The Labute approximate surface area is 214 Å². The van der Waals surface area contributed by atoms with Crippen LogP contribution >= 0.6 is 27.3 Å². The number of fused-ring (bicyclic) bond motifs is 12. The van der Waals surface area contributed by atoms with E-state index in [1.165, 1.54) is 69.2 Å². The van der Waals surface area contributed by atoms with Gasteiger partial charge >= 0.3 is 0 Å². The van der Waals surface area contributed by atoms with Crippen LogP contribution in [-0.4, -0.2) is 4.57 Å². The van der Waals surface area contributed by atoms with E-state index in [2.05, 4.69) is 130 Å². The van der Waals surface area contributed by atoms with Crippen molar-refractivity contribution in [3.63, 3.8) is 0 Å². The van der Waals surface area contributed by atoms with Crippen LogP contribution in [0, 0.1) is 0 Å². The molecule has 0 saturated heterocycles. The summed E-state index contributed by atoms with van der Waals surface area (Å²) in [6.45, 7) is 0. The third kappa shape index (κ3) is 2.63. The fourth-order valence-electron chi connectivity index (χ4n) is 5.76. The van der Waals surface area contributed by atoms with Gasteiger partial charge in [-0.15, -0.1) is 11.3 Å². The third-order valence-electron chi connectivity index (χ3n) is 7.22. The van der Waals surface area contributed by atoms with Crippen molar-refractivity contribution in [2.75, 3.05) is 0 Å². The molecule has 35 heavy (non-hydrogen) atoms. The smallest absolute Gasteiger partial charge is 0.0626 e. The maximum Gasteiger partial charge on any atom is 0.0626 e. The van der Waals surface area contributed by atoms with Crippen LogP contribution in [0.15, 0.2) is 114 Å². The van der Waals surface area contributed by atoms with Crippen LogP contribution in [0.3, 0.4) is 0 Å². The van der Waals surface area contributed by atoms with Gasteiger partial charge in [0.05, 0.1) is 11.0 Å². The van der Waals surface area contributed by atoms with Gasteiger partial charge in [-0.3, -0.25) is 0 Å². The maximum absolute atomic E-state index is 3.61. The Morgan fingerprint density at radius 1 is 0.514 bits per heavy atom. The molecule has 8 aromatic rings. The zero-order valence-electron chi connectivity index (χ0n) is 18.6. The molecule has 0 spiro atoms. The van der Waals surface area contributed by atoms with E-state index >= 15 is 0 Å². The fourth-order valence-corrected chi connectivity index (χ4v) is 7.40. The van der Waals surface area contributed by atoms with Crippen LogP contribution in [0.1, 0.15) is 0 Å². The molecular formula is C32H18BrNS. The van der Waals surface area contributed by atoms with E-state index in [4.69, 9.17) is 0 Å². The predicted octanol–water partition coefficient (Wildman–Crippen LogP) is 10.2. The molecule has 0 bridgehead atoms. The molecule has 3 heteroatoms. The van der Waals surface area contributed by atoms with Gasteiger partial charge in [-0.05, 0) is 41.1 Å². The molecule has 2 heterocycles. The van der Waals surface area contributed by atoms with Crippen molar-refractivity contribution in [3.05, 3.63) is 114 Å². The number of rotatable bonds is 1. The number of thiophene rings is 1. The molecule has 6 aromatic carbocycles. The van der Waals surface area contributed by atoms with Gasteiger partial charge in [-0.1, -0.05) is 94.8 Å². The van der Waals surface area contributed by atoms with Crippen LogP contribution in [0.25, 0.3) is 69.2 Å². The minimum absolute atomic E-state index is 1.09. The van der Waals surface area contributed by atoms with E-state index in [-0.39, 0.29) is 0 Å². The first kappa shape index (κ1) is 19.6. The molecule has 164 valence electrons. The lowest BCUT2D eigenvalue weighted by atomic mass is 9.98. The van der Waals surface area contributed by atoms with Gasteiger partial charge in [-0.2, -0.15) is 0 Å².